The van der Waals surface area contributed by atoms with Crippen molar-refractivity contribution in [3.63, 3.8) is 0 Å². The van der Waals surface area contributed by atoms with E-state index in [2.05, 4.69) is 11.8 Å². The molecule has 0 N–H and O–H groups in total. The number of amides is 2. The third-order valence-electron chi connectivity index (χ3n) is 4.95. The van der Waals surface area contributed by atoms with Gasteiger partial charge in [0.05, 0.1) is 6.61 Å². The normalized spacial score (nSPS) is 18.3. The van der Waals surface area contributed by atoms with Crippen LogP contribution in [0.3, 0.4) is 0 Å². The minimum absolute atomic E-state index is 0.0368. The predicted octanol–water partition coefficient (Wildman–Crippen LogP) is 5.43. The molecule has 2 atom stereocenters. The Morgan fingerprint density at radius 1 is 1.03 bits per heavy atom. The topological polar surface area (TPSA) is 68.3 Å². The maximum atomic E-state index is 13.2. The molecule has 2 rings (SSSR count). The van der Waals surface area contributed by atoms with Gasteiger partial charge in [-0.1, -0.05) is 37.3 Å². The SMILES string of the molecule is CCCN1CCC(C(OCc2ccccc2)N(C(=O)OC(C)(C)C)C(=O)OC(C)(C)C)C1. The van der Waals surface area contributed by atoms with E-state index in [4.69, 9.17) is 14.2 Å². The molecular weight excluding hydrogens is 408 g/mol. The van der Waals surface area contributed by atoms with Crippen LogP contribution in [0.1, 0.15) is 66.9 Å². The monoisotopic (exact) mass is 448 g/mol. The number of imide groups is 1. The number of carbonyl (C=O) groups excluding carboxylic acids is 2. The second kappa shape index (κ2) is 11.1. The summed E-state index contributed by atoms with van der Waals surface area (Å²) in [6, 6.07) is 9.73. The van der Waals surface area contributed by atoms with E-state index in [-0.39, 0.29) is 12.5 Å². The van der Waals surface area contributed by atoms with Crippen molar-refractivity contribution in [3.05, 3.63) is 35.9 Å². The average molecular weight is 449 g/mol. The summed E-state index contributed by atoms with van der Waals surface area (Å²) in [5, 5.41) is 0. The summed E-state index contributed by atoms with van der Waals surface area (Å²) < 4.78 is 17.5. The molecule has 1 aliphatic heterocycles. The van der Waals surface area contributed by atoms with Crippen molar-refractivity contribution in [2.24, 2.45) is 5.92 Å². The number of rotatable bonds is 7. The van der Waals surface area contributed by atoms with Crippen LogP contribution in [-0.4, -0.2) is 59.1 Å². The first-order valence-electron chi connectivity index (χ1n) is 11.5. The molecule has 2 unspecified atom stereocenters. The number of benzene rings is 1. The predicted molar refractivity (Wildman–Crippen MR) is 124 cm³/mol. The first kappa shape index (κ1) is 26.1. The number of hydrogen-bond donors (Lipinski definition) is 0. The van der Waals surface area contributed by atoms with E-state index in [1.165, 1.54) is 0 Å². The Bertz CT molecular complexity index is 711. The summed E-state index contributed by atoms with van der Waals surface area (Å²) in [4.78, 5) is 29.8. The van der Waals surface area contributed by atoms with E-state index in [1.54, 1.807) is 41.5 Å². The maximum Gasteiger partial charge on any atom is 0.422 e. The van der Waals surface area contributed by atoms with Crippen LogP contribution in [0.2, 0.25) is 0 Å². The fraction of sp³-hybridized carbons (Fsp3) is 0.680. The van der Waals surface area contributed by atoms with Gasteiger partial charge in [0.15, 0.2) is 6.23 Å². The molecule has 1 aromatic carbocycles. The van der Waals surface area contributed by atoms with Crippen LogP contribution in [-0.2, 0) is 20.8 Å². The van der Waals surface area contributed by atoms with Gasteiger partial charge in [-0.15, -0.1) is 0 Å². The molecule has 0 spiro atoms. The Morgan fingerprint density at radius 3 is 2.09 bits per heavy atom. The Hall–Kier alpha value is -2.12. The highest BCUT2D eigenvalue weighted by molar-refractivity contribution is 5.88. The molecule has 1 heterocycles. The van der Waals surface area contributed by atoms with Gasteiger partial charge in [-0.25, -0.2) is 9.59 Å². The zero-order valence-electron chi connectivity index (χ0n) is 20.7. The number of hydrogen-bond acceptors (Lipinski definition) is 6. The molecule has 1 aromatic rings. The Balaban J connectivity index is 2.34. The van der Waals surface area contributed by atoms with E-state index in [0.717, 1.165) is 42.9 Å². The molecule has 2 amide bonds. The molecule has 32 heavy (non-hydrogen) atoms. The molecule has 0 saturated carbocycles. The lowest BCUT2D eigenvalue weighted by Gasteiger charge is -2.36. The van der Waals surface area contributed by atoms with Crippen LogP contribution in [0.5, 0.6) is 0 Å². The van der Waals surface area contributed by atoms with Gasteiger partial charge in [0.1, 0.15) is 11.2 Å². The summed E-state index contributed by atoms with van der Waals surface area (Å²) in [5.74, 6) is -0.0368. The van der Waals surface area contributed by atoms with Crippen molar-refractivity contribution < 1.29 is 23.8 Å². The lowest BCUT2D eigenvalue weighted by Crippen LogP contribution is -2.53. The van der Waals surface area contributed by atoms with Gasteiger partial charge < -0.3 is 19.1 Å². The van der Waals surface area contributed by atoms with Crippen LogP contribution in [0.15, 0.2) is 30.3 Å². The van der Waals surface area contributed by atoms with E-state index in [1.807, 2.05) is 30.3 Å². The molecule has 1 saturated heterocycles. The summed E-state index contributed by atoms with van der Waals surface area (Å²) in [5.41, 5.74) is -0.550. The molecule has 0 aliphatic carbocycles. The molecule has 180 valence electrons. The van der Waals surface area contributed by atoms with Crippen molar-refractivity contribution in [2.45, 2.75) is 85.3 Å². The average Bonchev–Trinajstić information content (AvgIpc) is 3.11. The van der Waals surface area contributed by atoms with Crippen molar-refractivity contribution in [1.29, 1.82) is 0 Å². The molecule has 1 aliphatic rings. The second-order valence-corrected chi connectivity index (χ2v) is 10.4. The molecule has 0 radical (unpaired) electrons. The summed E-state index contributed by atoms with van der Waals surface area (Å²) in [6.07, 6.45) is -0.426. The highest BCUT2D eigenvalue weighted by Gasteiger charge is 2.43. The highest BCUT2D eigenvalue weighted by Crippen LogP contribution is 2.28. The summed E-state index contributed by atoms with van der Waals surface area (Å²) in [6.45, 7) is 15.7. The molecule has 7 heteroatoms. The van der Waals surface area contributed by atoms with Crippen LogP contribution in [0.4, 0.5) is 9.59 Å². The minimum atomic E-state index is -0.790. The molecule has 7 nitrogen and oxygen atoms in total. The van der Waals surface area contributed by atoms with Gasteiger partial charge in [0.25, 0.3) is 0 Å². The molecule has 1 fully saturated rings. The van der Waals surface area contributed by atoms with Gasteiger partial charge in [0.2, 0.25) is 0 Å². The smallest absolute Gasteiger partial charge is 0.422 e. The molecule has 0 aromatic heterocycles. The van der Waals surface area contributed by atoms with Gasteiger partial charge >= 0.3 is 12.2 Å². The van der Waals surface area contributed by atoms with Crippen LogP contribution < -0.4 is 0 Å². The van der Waals surface area contributed by atoms with Gasteiger partial charge in [-0.2, -0.15) is 4.90 Å². The van der Waals surface area contributed by atoms with E-state index >= 15 is 0 Å². The summed E-state index contributed by atoms with van der Waals surface area (Å²) in [7, 11) is 0. The van der Waals surface area contributed by atoms with Crippen molar-refractivity contribution in [3.8, 4) is 0 Å². The van der Waals surface area contributed by atoms with E-state index in [0.29, 0.717) is 0 Å². The number of carbonyl (C=O) groups is 2. The fourth-order valence-electron chi connectivity index (χ4n) is 3.70. The standard InChI is InChI=1S/C25H40N2O5/c1-8-15-26-16-14-20(17-26)21(30-18-19-12-10-9-11-13-19)27(22(28)31-24(2,3)4)23(29)32-25(5,6)7/h9-13,20-21H,8,14-18H2,1-7H3. The van der Waals surface area contributed by atoms with E-state index < -0.39 is 29.6 Å². The third kappa shape index (κ3) is 8.43. The quantitative estimate of drug-likeness (QED) is 0.518. The van der Waals surface area contributed by atoms with Crippen molar-refractivity contribution >= 4 is 12.2 Å². The molecule has 0 bridgehead atoms. The zero-order chi connectivity index (χ0) is 23.9. The van der Waals surface area contributed by atoms with Gasteiger partial charge in [-0.05, 0) is 73.0 Å². The largest absolute Gasteiger partial charge is 0.443 e. The summed E-state index contributed by atoms with van der Waals surface area (Å²) >= 11 is 0. The third-order valence-corrected chi connectivity index (χ3v) is 4.95. The van der Waals surface area contributed by atoms with Crippen molar-refractivity contribution in [1.82, 2.24) is 9.80 Å². The number of nitrogens with zero attached hydrogens (tertiary/aromatic N) is 2. The second-order valence-electron chi connectivity index (χ2n) is 10.4. The highest BCUT2D eigenvalue weighted by atomic mass is 16.6. The first-order valence-corrected chi connectivity index (χ1v) is 11.5. The first-order chi connectivity index (χ1) is 14.9. The van der Waals surface area contributed by atoms with Gasteiger partial charge in [-0.3, -0.25) is 0 Å². The van der Waals surface area contributed by atoms with Gasteiger partial charge in [0, 0.05) is 12.5 Å². The zero-order valence-corrected chi connectivity index (χ0v) is 20.7. The van der Waals surface area contributed by atoms with Crippen LogP contribution in [0.25, 0.3) is 0 Å². The lowest BCUT2D eigenvalue weighted by atomic mass is 10.1. The Labute approximate surface area is 193 Å². The lowest BCUT2D eigenvalue weighted by molar-refractivity contribution is -0.0995. The van der Waals surface area contributed by atoms with E-state index in [9.17, 15) is 9.59 Å². The maximum absolute atomic E-state index is 13.2. The number of ether oxygens (including phenoxy) is 3. The Morgan fingerprint density at radius 2 is 1.59 bits per heavy atom. The van der Waals surface area contributed by atoms with Crippen molar-refractivity contribution in [2.75, 3.05) is 19.6 Å². The van der Waals surface area contributed by atoms with Crippen LogP contribution >= 0.6 is 0 Å². The Kier molecular flexibility index (Phi) is 9.10. The molecular formula is C25H40N2O5. The van der Waals surface area contributed by atoms with Crippen LogP contribution in [0, 0.1) is 5.92 Å². The minimum Gasteiger partial charge on any atom is -0.443 e. The number of likely N-dealkylation sites (tertiary alicyclic amines) is 1. The fourth-order valence-corrected chi connectivity index (χ4v) is 3.70.